The Labute approximate surface area is 218 Å². The zero-order valence-electron chi connectivity index (χ0n) is 20.4. The van der Waals surface area contributed by atoms with Gasteiger partial charge in [0.2, 0.25) is 0 Å². The van der Waals surface area contributed by atoms with Crippen molar-refractivity contribution in [2.75, 3.05) is 19.8 Å². The summed E-state index contributed by atoms with van der Waals surface area (Å²) in [5, 5.41) is 19.0. The molecule has 1 aliphatic rings. The number of H-pyrrole nitrogens is 1. The molecular formula is C20H23F3N5O10P. The molecule has 1 fully saturated rings. The summed E-state index contributed by atoms with van der Waals surface area (Å²) in [7, 11) is -4.50. The number of esters is 1. The summed E-state index contributed by atoms with van der Waals surface area (Å²) in [6, 6.07) is 4.30. The number of amides is 1. The Kier molecular flexibility index (Phi) is 10.6. The SMILES string of the molecule is CC(=O)OC1C(COP(=O)(OCCC#N)OCCC#N)OC(n2ccc(=O)[nH]c2=O)C1(C)NC(=O)C(F)(F)F. The second-order valence-corrected chi connectivity index (χ2v) is 9.70. The topological polar surface area (TPSA) is 212 Å². The largest absolute Gasteiger partial charge is 0.474 e. The van der Waals surface area contributed by atoms with E-state index in [0.29, 0.717) is 4.57 Å². The van der Waals surface area contributed by atoms with Gasteiger partial charge in [-0.3, -0.25) is 37.5 Å². The number of hydrogen-bond donors (Lipinski definition) is 2. The summed E-state index contributed by atoms with van der Waals surface area (Å²) in [5.74, 6) is -3.51. The molecule has 1 aromatic rings. The fourth-order valence-corrected chi connectivity index (χ4v) is 4.69. The predicted octanol–water partition coefficient (Wildman–Crippen LogP) is 0.788. The minimum Gasteiger partial charge on any atom is -0.457 e. The molecule has 0 bridgehead atoms. The highest BCUT2D eigenvalue weighted by molar-refractivity contribution is 7.48. The Balaban J connectivity index is 2.50. The van der Waals surface area contributed by atoms with Crippen LogP contribution in [0, 0.1) is 22.7 Å². The molecule has 19 heteroatoms. The van der Waals surface area contributed by atoms with Crippen LogP contribution in [0.2, 0.25) is 0 Å². The number of rotatable bonds is 12. The van der Waals surface area contributed by atoms with Gasteiger partial charge in [-0.05, 0) is 6.92 Å². The second kappa shape index (κ2) is 13.0. The molecule has 0 aromatic carbocycles. The number of halogens is 3. The first-order chi connectivity index (χ1) is 18.2. The lowest BCUT2D eigenvalue weighted by Crippen LogP contribution is -2.61. The summed E-state index contributed by atoms with van der Waals surface area (Å²) in [4.78, 5) is 49.7. The van der Waals surface area contributed by atoms with E-state index < -0.39 is 80.9 Å². The van der Waals surface area contributed by atoms with Gasteiger partial charge in [0.1, 0.15) is 11.6 Å². The number of nitrogens with one attached hydrogen (secondary N) is 2. The average molecular weight is 581 g/mol. The molecule has 214 valence electrons. The lowest BCUT2D eigenvalue weighted by atomic mass is 9.91. The molecule has 15 nitrogen and oxygen atoms in total. The maximum Gasteiger partial charge on any atom is 0.474 e. The third kappa shape index (κ3) is 8.22. The number of phosphoric acid groups is 1. The molecule has 1 aliphatic heterocycles. The maximum atomic E-state index is 13.2. The molecule has 1 saturated heterocycles. The van der Waals surface area contributed by atoms with Gasteiger partial charge in [0.25, 0.3) is 5.56 Å². The van der Waals surface area contributed by atoms with Crippen LogP contribution in [0.25, 0.3) is 0 Å². The van der Waals surface area contributed by atoms with Crippen molar-refractivity contribution in [1.29, 1.82) is 10.5 Å². The van der Waals surface area contributed by atoms with Crippen LogP contribution in [-0.4, -0.2) is 65.2 Å². The van der Waals surface area contributed by atoms with Gasteiger partial charge in [0.05, 0.1) is 44.8 Å². The maximum absolute atomic E-state index is 13.2. The summed E-state index contributed by atoms with van der Waals surface area (Å²) in [5.41, 5.74) is -4.31. The first-order valence-corrected chi connectivity index (χ1v) is 12.4. The van der Waals surface area contributed by atoms with Crippen LogP contribution in [0.15, 0.2) is 21.9 Å². The minimum atomic E-state index is -5.41. The highest BCUT2D eigenvalue weighted by atomic mass is 31.2. The van der Waals surface area contributed by atoms with Crippen LogP contribution in [0.1, 0.15) is 32.9 Å². The second-order valence-electron chi connectivity index (χ2n) is 8.03. The van der Waals surface area contributed by atoms with Crippen LogP contribution in [0.3, 0.4) is 0 Å². The van der Waals surface area contributed by atoms with Crippen molar-refractivity contribution in [3.63, 3.8) is 0 Å². The molecular weight excluding hydrogens is 558 g/mol. The first kappa shape index (κ1) is 31.7. The minimum absolute atomic E-state index is 0.232. The fourth-order valence-electron chi connectivity index (χ4n) is 3.51. The predicted molar refractivity (Wildman–Crippen MR) is 119 cm³/mol. The zero-order chi connectivity index (χ0) is 29.4. The van der Waals surface area contributed by atoms with Crippen molar-refractivity contribution in [1.82, 2.24) is 14.9 Å². The van der Waals surface area contributed by atoms with Crippen molar-refractivity contribution >= 4 is 19.7 Å². The molecule has 0 aliphatic carbocycles. The Hall–Kier alpha value is -3.54. The zero-order valence-corrected chi connectivity index (χ0v) is 21.3. The average Bonchev–Trinajstić information content (AvgIpc) is 3.08. The molecule has 4 atom stereocenters. The van der Waals surface area contributed by atoms with E-state index in [4.69, 9.17) is 33.6 Å². The molecule has 0 spiro atoms. The molecule has 4 unspecified atom stereocenters. The fraction of sp³-hybridized carbons (Fsp3) is 0.600. The van der Waals surface area contributed by atoms with Crippen molar-refractivity contribution in [2.24, 2.45) is 0 Å². The molecule has 0 saturated carbocycles. The molecule has 1 aromatic heterocycles. The number of hydrogen-bond acceptors (Lipinski definition) is 12. The van der Waals surface area contributed by atoms with E-state index in [1.54, 1.807) is 17.5 Å². The highest BCUT2D eigenvalue weighted by Gasteiger charge is 2.60. The molecule has 2 heterocycles. The molecule has 1 amide bonds. The van der Waals surface area contributed by atoms with Gasteiger partial charge in [0.15, 0.2) is 12.3 Å². The van der Waals surface area contributed by atoms with Gasteiger partial charge in [0, 0.05) is 19.2 Å². The van der Waals surface area contributed by atoms with Gasteiger partial charge >= 0.3 is 31.6 Å². The molecule has 2 rings (SSSR count). The van der Waals surface area contributed by atoms with Gasteiger partial charge < -0.3 is 14.8 Å². The quantitative estimate of drug-likeness (QED) is 0.199. The van der Waals surface area contributed by atoms with Gasteiger partial charge in [-0.15, -0.1) is 0 Å². The van der Waals surface area contributed by atoms with Crippen molar-refractivity contribution in [3.8, 4) is 12.1 Å². The van der Waals surface area contributed by atoms with Crippen molar-refractivity contribution in [3.05, 3.63) is 33.1 Å². The van der Waals surface area contributed by atoms with E-state index in [1.165, 1.54) is 0 Å². The highest BCUT2D eigenvalue weighted by Crippen LogP contribution is 2.51. The lowest BCUT2D eigenvalue weighted by molar-refractivity contribution is -0.178. The van der Waals surface area contributed by atoms with Crippen molar-refractivity contribution in [2.45, 2.75) is 56.8 Å². The number of aromatic amines is 1. The molecule has 2 N–H and O–H groups in total. The number of nitrogens with zero attached hydrogens (tertiary/aromatic N) is 3. The van der Waals surface area contributed by atoms with Gasteiger partial charge in [-0.25, -0.2) is 9.36 Å². The third-order valence-electron chi connectivity index (χ3n) is 5.11. The smallest absolute Gasteiger partial charge is 0.457 e. The normalized spacial score (nSPS) is 23.0. The summed E-state index contributed by atoms with van der Waals surface area (Å²) in [6.45, 7) is 0.186. The van der Waals surface area contributed by atoms with Crippen LogP contribution < -0.4 is 16.6 Å². The van der Waals surface area contributed by atoms with E-state index in [9.17, 15) is 36.9 Å². The van der Waals surface area contributed by atoms with Crippen LogP contribution in [-0.2, 0) is 37.2 Å². The number of alkyl halides is 3. The monoisotopic (exact) mass is 581 g/mol. The molecule has 0 radical (unpaired) electrons. The van der Waals surface area contributed by atoms with E-state index in [0.717, 1.165) is 26.1 Å². The third-order valence-corrected chi connectivity index (χ3v) is 6.57. The standard InChI is InChI=1S/C20H23F3N5O10P/c1-12(29)37-15-13(11-36-39(33,34-9-3-6-24)35-10-4-7-25)38-17(28-8-5-14(30)26-18(28)32)19(15,2)27-16(31)20(21,22)23/h5,8,13,15,17H,3-4,9-11H2,1-2H3,(H,27,31)(H,26,30,32). The number of nitriles is 2. The van der Waals surface area contributed by atoms with Crippen molar-refractivity contribution < 1.29 is 50.4 Å². The Morgan fingerprint density at radius 3 is 2.28 bits per heavy atom. The summed E-state index contributed by atoms with van der Waals surface area (Å²) in [6.07, 6.45) is -10.2. The number of phosphoric ester groups is 1. The van der Waals surface area contributed by atoms with Gasteiger partial charge in [-0.2, -0.15) is 23.7 Å². The number of carbonyl (C=O) groups excluding carboxylic acids is 2. The molecule has 39 heavy (non-hydrogen) atoms. The lowest BCUT2D eigenvalue weighted by Gasteiger charge is -2.36. The number of aromatic nitrogens is 2. The van der Waals surface area contributed by atoms with E-state index >= 15 is 0 Å². The van der Waals surface area contributed by atoms with Gasteiger partial charge in [-0.1, -0.05) is 0 Å². The number of ether oxygens (including phenoxy) is 2. The summed E-state index contributed by atoms with van der Waals surface area (Å²) < 4.78 is 79.3. The van der Waals surface area contributed by atoms with Crippen LogP contribution in [0.4, 0.5) is 13.2 Å². The Morgan fingerprint density at radius 2 is 1.79 bits per heavy atom. The van der Waals surface area contributed by atoms with E-state index in [2.05, 4.69) is 0 Å². The summed E-state index contributed by atoms with van der Waals surface area (Å²) >= 11 is 0. The Morgan fingerprint density at radius 1 is 1.21 bits per heavy atom. The Bertz CT molecular complexity index is 1280. The van der Waals surface area contributed by atoms with E-state index in [1.807, 2.05) is 4.98 Å². The first-order valence-electron chi connectivity index (χ1n) is 11.0. The van der Waals surface area contributed by atoms with Crippen LogP contribution in [0.5, 0.6) is 0 Å². The van der Waals surface area contributed by atoms with E-state index in [-0.39, 0.29) is 12.8 Å². The van der Waals surface area contributed by atoms with Crippen LogP contribution >= 0.6 is 7.82 Å². The number of carbonyl (C=O) groups is 2.